The van der Waals surface area contributed by atoms with Gasteiger partial charge in [0.15, 0.2) is 4.34 Å². The van der Waals surface area contributed by atoms with Crippen molar-refractivity contribution in [1.29, 1.82) is 0 Å². The van der Waals surface area contributed by atoms with Gasteiger partial charge in [0.1, 0.15) is 0 Å². The Hall–Kier alpha value is -2.43. The lowest BCUT2D eigenvalue weighted by Gasteiger charge is -2.20. The van der Waals surface area contributed by atoms with Crippen molar-refractivity contribution in [3.63, 3.8) is 0 Å². The first kappa shape index (κ1) is 23.2. The molecular weight excluding hydrogens is 450 g/mol. The van der Waals surface area contributed by atoms with Crippen molar-refractivity contribution in [2.45, 2.75) is 29.9 Å². The molecular formula is C21H25N5O2S3. The number of carbonyl (C=O) groups excluding carboxylic acids is 2. The number of aryl methyl sites for hydroxylation is 1. The number of nitrogens with zero attached hydrogens (tertiary/aromatic N) is 3. The molecule has 0 fully saturated rings. The first-order valence-corrected chi connectivity index (χ1v) is 12.4. The van der Waals surface area contributed by atoms with Crippen LogP contribution >= 0.6 is 34.4 Å². The second-order valence-corrected chi connectivity index (χ2v) is 10.6. The van der Waals surface area contributed by atoms with Crippen molar-refractivity contribution < 1.29 is 9.59 Å². The van der Waals surface area contributed by atoms with Crippen molar-refractivity contribution in [3.8, 4) is 0 Å². The largest absolute Gasteiger partial charge is 0.360 e. The van der Waals surface area contributed by atoms with Crippen LogP contribution in [0.2, 0.25) is 0 Å². The van der Waals surface area contributed by atoms with E-state index < -0.39 is 0 Å². The smallest absolute Gasteiger partial charge is 0.243 e. The van der Waals surface area contributed by atoms with E-state index >= 15 is 0 Å². The summed E-state index contributed by atoms with van der Waals surface area (Å²) in [6.07, 6.45) is 0.935. The Kier molecular flexibility index (Phi) is 8.44. The highest BCUT2D eigenvalue weighted by Gasteiger charge is 2.22. The van der Waals surface area contributed by atoms with Crippen molar-refractivity contribution in [1.82, 2.24) is 15.1 Å². The van der Waals surface area contributed by atoms with Crippen LogP contribution in [0.15, 0.2) is 46.1 Å². The van der Waals surface area contributed by atoms with Crippen LogP contribution in [0.4, 0.5) is 10.8 Å². The molecule has 1 unspecified atom stereocenters. The Morgan fingerprint density at radius 3 is 2.68 bits per heavy atom. The van der Waals surface area contributed by atoms with Gasteiger partial charge in [-0.15, -0.1) is 21.5 Å². The van der Waals surface area contributed by atoms with Crippen LogP contribution in [0.3, 0.4) is 0 Å². The van der Waals surface area contributed by atoms with E-state index in [2.05, 4.69) is 32.3 Å². The third-order valence-corrected chi connectivity index (χ3v) is 7.34. The van der Waals surface area contributed by atoms with Crippen LogP contribution < -0.4 is 10.6 Å². The highest BCUT2D eigenvalue weighted by Crippen LogP contribution is 2.29. The van der Waals surface area contributed by atoms with Gasteiger partial charge in [0, 0.05) is 24.2 Å². The molecule has 2 aromatic heterocycles. The topological polar surface area (TPSA) is 87.2 Å². The SMILES string of the molecule is Cc1ccc(NC(=O)CN(C)C(=O)C(C)Sc2nnc(NCCc3cccs3)s2)cc1. The van der Waals surface area contributed by atoms with Crippen LogP contribution in [0.5, 0.6) is 0 Å². The van der Waals surface area contributed by atoms with Crippen LogP contribution in [-0.4, -0.2) is 52.3 Å². The van der Waals surface area contributed by atoms with Crippen molar-refractivity contribution in [3.05, 3.63) is 52.2 Å². The molecule has 164 valence electrons. The Labute approximate surface area is 194 Å². The monoisotopic (exact) mass is 475 g/mol. The molecule has 3 aromatic rings. The van der Waals surface area contributed by atoms with Crippen LogP contribution in [-0.2, 0) is 16.0 Å². The number of benzene rings is 1. The number of hydrogen-bond acceptors (Lipinski definition) is 8. The molecule has 0 saturated heterocycles. The Balaban J connectivity index is 1.43. The summed E-state index contributed by atoms with van der Waals surface area (Å²) in [5.74, 6) is -0.364. The zero-order valence-electron chi connectivity index (χ0n) is 17.6. The first-order chi connectivity index (χ1) is 14.9. The fraction of sp³-hybridized carbons (Fsp3) is 0.333. The maximum Gasteiger partial charge on any atom is 0.243 e. The zero-order chi connectivity index (χ0) is 22.2. The molecule has 7 nitrogen and oxygen atoms in total. The maximum atomic E-state index is 12.7. The van der Waals surface area contributed by atoms with E-state index in [9.17, 15) is 9.59 Å². The average molecular weight is 476 g/mol. The van der Waals surface area contributed by atoms with Gasteiger partial charge in [-0.3, -0.25) is 9.59 Å². The minimum Gasteiger partial charge on any atom is -0.360 e. The minimum absolute atomic E-state index is 0.0107. The second-order valence-electron chi connectivity index (χ2n) is 7.00. The molecule has 2 N–H and O–H groups in total. The highest BCUT2D eigenvalue weighted by molar-refractivity contribution is 8.02. The standard InChI is InChI=1S/C21H25N5O2S3/c1-14-6-8-16(9-7-14)23-18(27)13-26(3)19(28)15(2)30-21-25-24-20(31-21)22-11-10-17-5-4-12-29-17/h4-9,12,15H,10-11,13H2,1-3H3,(H,22,24)(H,23,27). The van der Waals surface area contributed by atoms with E-state index in [1.54, 1.807) is 18.4 Å². The zero-order valence-corrected chi connectivity index (χ0v) is 20.1. The van der Waals surface area contributed by atoms with Gasteiger partial charge in [-0.25, -0.2) is 0 Å². The number of carbonyl (C=O) groups is 2. The summed E-state index contributed by atoms with van der Waals surface area (Å²) in [5.41, 5.74) is 1.83. The Morgan fingerprint density at radius 1 is 1.19 bits per heavy atom. The Bertz CT molecular complexity index is 989. The fourth-order valence-corrected chi connectivity index (χ4v) is 5.46. The Morgan fingerprint density at radius 2 is 1.97 bits per heavy atom. The summed E-state index contributed by atoms with van der Waals surface area (Å²) in [7, 11) is 1.63. The normalized spacial score (nSPS) is 11.7. The maximum absolute atomic E-state index is 12.7. The number of hydrogen-bond donors (Lipinski definition) is 2. The summed E-state index contributed by atoms with van der Waals surface area (Å²) in [6.45, 7) is 4.57. The fourth-order valence-electron chi connectivity index (χ4n) is 2.72. The second kappa shape index (κ2) is 11.3. The number of aromatic nitrogens is 2. The van der Waals surface area contributed by atoms with Gasteiger partial charge in [-0.05, 0) is 43.8 Å². The number of thioether (sulfide) groups is 1. The molecule has 31 heavy (non-hydrogen) atoms. The molecule has 10 heteroatoms. The van der Waals surface area contributed by atoms with Gasteiger partial charge in [0.2, 0.25) is 16.9 Å². The van der Waals surface area contributed by atoms with E-state index in [1.165, 1.54) is 32.9 Å². The molecule has 0 radical (unpaired) electrons. The number of amides is 2. The van der Waals surface area contributed by atoms with E-state index in [1.807, 2.05) is 44.2 Å². The third kappa shape index (κ3) is 7.34. The van der Waals surface area contributed by atoms with E-state index in [-0.39, 0.29) is 23.6 Å². The number of thiophene rings is 1. The number of nitrogens with one attached hydrogen (secondary N) is 2. The lowest BCUT2D eigenvalue weighted by atomic mass is 10.2. The molecule has 2 heterocycles. The lowest BCUT2D eigenvalue weighted by Crippen LogP contribution is -2.38. The molecule has 0 aliphatic heterocycles. The molecule has 0 bridgehead atoms. The number of anilines is 2. The third-order valence-electron chi connectivity index (χ3n) is 4.35. The minimum atomic E-state index is -0.371. The highest BCUT2D eigenvalue weighted by atomic mass is 32.2. The van der Waals surface area contributed by atoms with Gasteiger partial charge in [-0.2, -0.15) is 0 Å². The summed E-state index contributed by atoms with van der Waals surface area (Å²) < 4.78 is 0.719. The van der Waals surface area contributed by atoms with Crippen molar-refractivity contribution in [2.24, 2.45) is 0 Å². The van der Waals surface area contributed by atoms with Crippen LogP contribution in [0.1, 0.15) is 17.4 Å². The van der Waals surface area contributed by atoms with E-state index in [0.717, 1.165) is 28.0 Å². The van der Waals surface area contributed by atoms with E-state index in [0.29, 0.717) is 5.69 Å². The van der Waals surface area contributed by atoms with Crippen molar-refractivity contribution >= 4 is 57.1 Å². The lowest BCUT2D eigenvalue weighted by molar-refractivity contribution is -0.132. The predicted molar refractivity (Wildman–Crippen MR) is 129 cm³/mol. The summed E-state index contributed by atoms with van der Waals surface area (Å²) in [5, 5.41) is 16.8. The molecule has 3 rings (SSSR count). The van der Waals surface area contributed by atoms with Gasteiger partial charge < -0.3 is 15.5 Å². The molecule has 0 aliphatic carbocycles. The summed E-state index contributed by atoms with van der Waals surface area (Å²) in [6, 6.07) is 11.7. The predicted octanol–water partition coefficient (Wildman–Crippen LogP) is 4.14. The number of rotatable bonds is 10. The summed E-state index contributed by atoms with van der Waals surface area (Å²) in [4.78, 5) is 27.7. The van der Waals surface area contributed by atoms with Gasteiger partial charge in [0.25, 0.3) is 0 Å². The van der Waals surface area contributed by atoms with Crippen molar-refractivity contribution in [2.75, 3.05) is 30.8 Å². The van der Waals surface area contributed by atoms with Gasteiger partial charge >= 0.3 is 0 Å². The van der Waals surface area contributed by atoms with E-state index in [4.69, 9.17) is 0 Å². The quantitative estimate of drug-likeness (QED) is 0.429. The first-order valence-electron chi connectivity index (χ1n) is 9.78. The average Bonchev–Trinajstić information content (AvgIpc) is 3.41. The molecule has 0 aliphatic rings. The number of likely N-dealkylation sites (N-methyl/N-ethyl adjacent to an activating group) is 1. The molecule has 1 atom stereocenters. The summed E-state index contributed by atoms with van der Waals surface area (Å²) >= 11 is 4.51. The molecule has 1 aromatic carbocycles. The van der Waals surface area contributed by atoms with Crippen LogP contribution in [0, 0.1) is 6.92 Å². The molecule has 0 saturated carbocycles. The van der Waals surface area contributed by atoms with Gasteiger partial charge in [-0.1, -0.05) is 46.9 Å². The van der Waals surface area contributed by atoms with Crippen LogP contribution in [0.25, 0.3) is 0 Å². The van der Waals surface area contributed by atoms with Gasteiger partial charge in [0.05, 0.1) is 11.8 Å². The molecule has 2 amide bonds. The molecule has 0 spiro atoms.